The van der Waals surface area contributed by atoms with E-state index in [9.17, 15) is 0 Å². The van der Waals surface area contributed by atoms with Crippen molar-refractivity contribution in [1.29, 1.82) is 0 Å². The molecule has 0 saturated carbocycles. The van der Waals surface area contributed by atoms with Gasteiger partial charge in [0.2, 0.25) is 0 Å². The third-order valence-electron chi connectivity index (χ3n) is 3.38. The zero-order chi connectivity index (χ0) is 15.2. The van der Waals surface area contributed by atoms with Crippen molar-refractivity contribution in [2.45, 2.75) is 39.3 Å². The summed E-state index contributed by atoms with van der Waals surface area (Å²) in [4.78, 5) is 0. The van der Waals surface area contributed by atoms with Gasteiger partial charge in [-0.25, -0.2) is 4.63 Å². The molecule has 0 spiro atoms. The summed E-state index contributed by atoms with van der Waals surface area (Å²) < 4.78 is 15.8. The molecule has 0 fully saturated rings. The summed E-state index contributed by atoms with van der Waals surface area (Å²) in [5.41, 5.74) is 8.50. The smallest absolute Gasteiger partial charge is 0.145 e. The number of hydrogen-bond donors (Lipinski definition) is 1. The molecule has 2 aromatic rings. The Bertz CT molecular complexity index is 583. The van der Waals surface area contributed by atoms with Crippen LogP contribution in [0.5, 0.6) is 11.5 Å². The lowest BCUT2D eigenvalue weighted by atomic mass is 10.0. The minimum absolute atomic E-state index is 0.0925. The molecule has 1 unspecified atom stereocenters. The van der Waals surface area contributed by atoms with Crippen LogP contribution in [0.1, 0.15) is 30.3 Å². The van der Waals surface area contributed by atoms with Gasteiger partial charge < -0.3 is 15.2 Å². The van der Waals surface area contributed by atoms with Crippen LogP contribution in [0.15, 0.2) is 22.8 Å². The van der Waals surface area contributed by atoms with E-state index >= 15 is 0 Å². The molecule has 0 aliphatic carbocycles. The molecule has 0 bridgehead atoms. The molecular formula is C15H21N3O3. The van der Waals surface area contributed by atoms with E-state index in [2.05, 4.69) is 21.9 Å². The lowest BCUT2D eigenvalue weighted by molar-refractivity contribution is 0.268. The van der Waals surface area contributed by atoms with Gasteiger partial charge in [0.25, 0.3) is 0 Å². The van der Waals surface area contributed by atoms with Crippen LogP contribution in [-0.2, 0) is 13.0 Å². The summed E-state index contributed by atoms with van der Waals surface area (Å²) in [7, 11) is 1.64. The molecule has 1 atom stereocenters. The van der Waals surface area contributed by atoms with Gasteiger partial charge in [0.1, 0.15) is 29.5 Å². The molecule has 2 N–H and O–H groups in total. The Morgan fingerprint density at radius 2 is 2.14 bits per heavy atom. The highest BCUT2D eigenvalue weighted by molar-refractivity contribution is 5.41. The van der Waals surface area contributed by atoms with Crippen molar-refractivity contribution < 1.29 is 14.1 Å². The number of benzene rings is 1. The zero-order valence-electron chi connectivity index (χ0n) is 12.6. The molecule has 1 aromatic heterocycles. The first-order valence-corrected chi connectivity index (χ1v) is 6.97. The second-order valence-electron chi connectivity index (χ2n) is 4.93. The van der Waals surface area contributed by atoms with Gasteiger partial charge in [0.05, 0.1) is 7.11 Å². The van der Waals surface area contributed by atoms with Gasteiger partial charge in [-0.3, -0.25) is 0 Å². The van der Waals surface area contributed by atoms with Gasteiger partial charge in [-0.15, -0.1) is 0 Å². The molecule has 6 nitrogen and oxygen atoms in total. The first-order valence-electron chi connectivity index (χ1n) is 6.97. The summed E-state index contributed by atoms with van der Waals surface area (Å²) in [5, 5.41) is 7.55. The minimum Gasteiger partial charge on any atom is -0.497 e. The second-order valence-corrected chi connectivity index (χ2v) is 4.93. The van der Waals surface area contributed by atoms with Crippen LogP contribution in [-0.4, -0.2) is 23.5 Å². The number of hydrogen-bond acceptors (Lipinski definition) is 6. The van der Waals surface area contributed by atoms with Crippen LogP contribution in [0.25, 0.3) is 0 Å². The van der Waals surface area contributed by atoms with Crippen molar-refractivity contribution in [3.05, 3.63) is 35.2 Å². The quantitative estimate of drug-likeness (QED) is 0.842. The maximum Gasteiger partial charge on any atom is 0.145 e. The first kappa shape index (κ1) is 15.3. The molecule has 0 saturated heterocycles. The SMILES string of the molecule is CCC(N)Cc1cc(OC)ccc1OCc1nonc1C. The van der Waals surface area contributed by atoms with Gasteiger partial charge in [-0.05, 0) is 43.5 Å². The molecule has 2 rings (SSSR count). The van der Waals surface area contributed by atoms with Crippen molar-refractivity contribution >= 4 is 0 Å². The standard InChI is InChI=1S/C15H21N3O3/c1-4-12(16)7-11-8-13(19-3)5-6-15(11)20-9-14-10(2)17-21-18-14/h5-6,8,12H,4,7,9,16H2,1-3H3. The topological polar surface area (TPSA) is 83.4 Å². The van der Waals surface area contributed by atoms with Gasteiger partial charge in [-0.2, -0.15) is 0 Å². The molecule has 1 aromatic carbocycles. The Hall–Kier alpha value is -2.08. The largest absolute Gasteiger partial charge is 0.497 e. The van der Waals surface area contributed by atoms with Crippen molar-refractivity contribution in [2.24, 2.45) is 5.73 Å². The Balaban J connectivity index is 2.15. The highest BCUT2D eigenvalue weighted by atomic mass is 16.6. The summed E-state index contributed by atoms with van der Waals surface area (Å²) in [6.07, 6.45) is 1.64. The number of nitrogens with zero attached hydrogens (tertiary/aromatic N) is 2. The van der Waals surface area contributed by atoms with Gasteiger partial charge >= 0.3 is 0 Å². The average molecular weight is 291 g/mol. The zero-order valence-corrected chi connectivity index (χ0v) is 12.6. The number of nitrogens with two attached hydrogens (primary N) is 1. The summed E-state index contributed by atoms with van der Waals surface area (Å²) in [6, 6.07) is 5.80. The fourth-order valence-electron chi connectivity index (χ4n) is 1.94. The van der Waals surface area contributed by atoms with E-state index in [-0.39, 0.29) is 6.04 Å². The molecule has 21 heavy (non-hydrogen) atoms. The molecule has 0 radical (unpaired) electrons. The predicted molar refractivity (Wildman–Crippen MR) is 78.3 cm³/mol. The van der Waals surface area contributed by atoms with Crippen molar-refractivity contribution in [3.63, 3.8) is 0 Å². The van der Waals surface area contributed by atoms with Crippen molar-refractivity contribution in [1.82, 2.24) is 10.3 Å². The third kappa shape index (κ3) is 3.95. The van der Waals surface area contributed by atoms with Crippen LogP contribution in [0.4, 0.5) is 0 Å². The highest BCUT2D eigenvalue weighted by Crippen LogP contribution is 2.26. The maximum absolute atomic E-state index is 6.05. The summed E-state index contributed by atoms with van der Waals surface area (Å²) >= 11 is 0. The molecule has 0 amide bonds. The van der Waals surface area contributed by atoms with E-state index in [0.717, 1.165) is 35.6 Å². The first-order chi connectivity index (χ1) is 10.1. The van der Waals surface area contributed by atoms with E-state index in [1.807, 2.05) is 25.1 Å². The normalized spacial score (nSPS) is 12.2. The van der Waals surface area contributed by atoms with Crippen LogP contribution in [0.3, 0.4) is 0 Å². The molecule has 0 aliphatic rings. The Kier molecular flexibility index (Phi) is 5.16. The van der Waals surface area contributed by atoms with E-state index < -0.39 is 0 Å². The van der Waals surface area contributed by atoms with Crippen LogP contribution in [0, 0.1) is 6.92 Å². The number of aromatic nitrogens is 2. The van der Waals surface area contributed by atoms with E-state index in [0.29, 0.717) is 12.3 Å². The molecule has 0 aliphatic heterocycles. The monoisotopic (exact) mass is 291 g/mol. The van der Waals surface area contributed by atoms with Crippen LogP contribution in [0.2, 0.25) is 0 Å². The number of aryl methyl sites for hydroxylation is 1. The van der Waals surface area contributed by atoms with Gasteiger partial charge in [0.15, 0.2) is 0 Å². The predicted octanol–water partition coefficient (Wildman–Crippen LogP) is 2.25. The fraction of sp³-hybridized carbons (Fsp3) is 0.467. The number of ether oxygens (including phenoxy) is 2. The van der Waals surface area contributed by atoms with Crippen LogP contribution >= 0.6 is 0 Å². The van der Waals surface area contributed by atoms with E-state index in [4.69, 9.17) is 15.2 Å². The highest BCUT2D eigenvalue weighted by Gasteiger charge is 2.12. The van der Waals surface area contributed by atoms with Crippen LogP contribution < -0.4 is 15.2 Å². The lowest BCUT2D eigenvalue weighted by Crippen LogP contribution is -2.21. The summed E-state index contributed by atoms with van der Waals surface area (Å²) in [6.45, 7) is 4.21. The van der Waals surface area contributed by atoms with Gasteiger partial charge in [0, 0.05) is 6.04 Å². The fourth-order valence-corrected chi connectivity index (χ4v) is 1.94. The molecule has 1 heterocycles. The maximum atomic E-state index is 6.05. The van der Waals surface area contributed by atoms with Crippen molar-refractivity contribution in [3.8, 4) is 11.5 Å². The van der Waals surface area contributed by atoms with Crippen molar-refractivity contribution in [2.75, 3.05) is 7.11 Å². The Labute approximate surface area is 124 Å². The Morgan fingerprint density at radius 1 is 1.33 bits per heavy atom. The number of rotatable bonds is 7. The van der Waals surface area contributed by atoms with Gasteiger partial charge in [-0.1, -0.05) is 17.2 Å². The Morgan fingerprint density at radius 3 is 2.76 bits per heavy atom. The lowest BCUT2D eigenvalue weighted by Gasteiger charge is -2.15. The molecule has 114 valence electrons. The number of methoxy groups -OCH3 is 1. The summed E-state index contributed by atoms with van der Waals surface area (Å²) in [5.74, 6) is 1.57. The van der Waals surface area contributed by atoms with E-state index in [1.165, 1.54) is 0 Å². The molecule has 6 heteroatoms. The molecular weight excluding hydrogens is 270 g/mol. The second kappa shape index (κ2) is 7.08. The van der Waals surface area contributed by atoms with E-state index in [1.54, 1.807) is 7.11 Å². The third-order valence-corrected chi connectivity index (χ3v) is 3.38. The minimum atomic E-state index is 0.0925. The average Bonchev–Trinajstić information content (AvgIpc) is 2.91.